The van der Waals surface area contributed by atoms with Crippen LogP contribution in [0.2, 0.25) is 0 Å². The Balaban J connectivity index is 1.10. The molecule has 5 heteroatoms. The molecule has 0 saturated carbocycles. The first-order valence-corrected chi connectivity index (χ1v) is 22.4. The molecule has 0 N–H and O–H groups in total. The molecule has 0 aliphatic rings. The number of nitrogens with zero attached hydrogens (tertiary/aromatic N) is 4. The minimum atomic E-state index is 0.567. The first kappa shape index (κ1) is 36.4. The Hall–Kier alpha value is -8.25. The van der Waals surface area contributed by atoms with Crippen LogP contribution in [0.3, 0.4) is 0 Å². The molecule has 4 nitrogen and oxygen atoms in total. The van der Waals surface area contributed by atoms with Gasteiger partial charge in [0.1, 0.15) is 0 Å². The van der Waals surface area contributed by atoms with Crippen LogP contribution < -0.4 is 0 Å². The van der Waals surface area contributed by atoms with Gasteiger partial charge in [-0.3, -0.25) is 4.57 Å². The third-order valence-corrected chi connectivity index (χ3v) is 13.9. The van der Waals surface area contributed by atoms with Crippen molar-refractivity contribution < 1.29 is 0 Å². The van der Waals surface area contributed by atoms with Crippen molar-refractivity contribution in [3.63, 3.8) is 0 Å². The first-order chi connectivity index (χ1) is 31.7. The van der Waals surface area contributed by atoms with Crippen LogP contribution >= 0.6 is 11.3 Å². The van der Waals surface area contributed by atoms with Gasteiger partial charge in [-0.25, -0.2) is 4.98 Å². The van der Waals surface area contributed by atoms with Gasteiger partial charge < -0.3 is 0 Å². The van der Waals surface area contributed by atoms with Crippen molar-refractivity contribution in [1.82, 2.24) is 19.5 Å². The molecular weight excluding hydrogens is 797 g/mol. The van der Waals surface area contributed by atoms with Gasteiger partial charge >= 0.3 is 0 Å². The molecule has 0 amide bonds. The summed E-state index contributed by atoms with van der Waals surface area (Å²) in [5.41, 5.74) is 10.9. The van der Waals surface area contributed by atoms with E-state index < -0.39 is 0 Å². The second kappa shape index (κ2) is 14.7. The Bertz CT molecular complexity index is 3830. The monoisotopic (exact) mass is 832 g/mol. The molecule has 0 bridgehead atoms. The van der Waals surface area contributed by atoms with Crippen LogP contribution in [0.5, 0.6) is 0 Å². The molecule has 10 aromatic carbocycles. The van der Waals surface area contributed by atoms with Crippen molar-refractivity contribution in [3.05, 3.63) is 218 Å². The van der Waals surface area contributed by atoms with Gasteiger partial charge in [-0.1, -0.05) is 212 Å². The molecule has 0 atom stereocenters. The van der Waals surface area contributed by atoms with Crippen molar-refractivity contribution in [2.24, 2.45) is 0 Å². The van der Waals surface area contributed by atoms with Crippen molar-refractivity contribution in [1.29, 1.82) is 0 Å². The van der Waals surface area contributed by atoms with E-state index in [0.29, 0.717) is 17.6 Å². The molecule has 0 radical (unpaired) electrons. The number of hydrogen-bond donors (Lipinski definition) is 0. The standard InChI is InChI=1S/C59H36N4S/c1-3-13-37(14-4-1)39-25-29-43(30-26-39)57-60-58(44-31-27-40(28-32-44)38-15-5-2-6-16-38)62-59(61-57)63-54-46-20-10-8-18-42(46)33-35-49(54)47-21-11-22-48(55(47)63)50-23-12-24-51-53-45-19-9-7-17-41(45)34-36-52(53)64-56(50)51/h1-36H. The predicted molar refractivity (Wildman–Crippen MR) is 269 cm³/mol. The number of aromatic nitrogens is 4. The Morgan fingerprint density at radius 2 is 0.797 bits per heavy atom. The summed E-state index contributed by atoms with van der Waals surface area (Å²) in [5.74, 6) is 1.79. The molecule has 13 rings (SSSR count). The van der Waals surface area contributed by atoms with Gasteiger partial charge in [0.25, 0.3) is 0 Å². The van der Waals surface area contributed by atoms with Gasteiger partial charge in [0.2, 0.25) is 5.95 Å². The topological polar surface area (TPSA) is 43.6 Å². The van der Waals surface area contributed by atoms with Crippen molar-refractivity contribution in [2.75, 3.05) is 0 Å². The molecule has 0 spiro atoms. The average Bonchev–Trinajstić information content (AvgIpc) is 3.94. The Morgan fingerprint density at radius 1 is 0.312 bits per heavy atom. The van der Waals surface area contributed by atoms with E-state index in [0.717, 1.165) is 71.5 Å². The summed E-state index contributed by atoms with van der Waals surface area (Å²) in [6, 6.07) is 77.9. The summed E-state index contributed by atoms with van der Waals surface area (Å²) in [6.07, 6.45) is 0. The fourth-order valence-electron chi connectivity index (χ4n) is 9.63. The summed E-state index contributed by atoms with van der Waals surface area (Å²) < 4.78 is 4.86. The summed E-state index contributed by atoms with van der Waals surface area (Å²) in [7, 11) is 0. The van der Waals surface area contributed by atoms with Crippen LogP contribution in [-0.4, -0.2) is 19.5 Å². The van der Waals surface area contributed by atoms with Crippen LogP contribution in [-0.2, 0) is 0 Å². The smallest absolute Gasteiger partial charge is 0.238 e. The molecule has 0 unspecified atom stereocenters. The lowest BCUT2D eigenvalue weighted by Gasteiger charge is -2.14. The molecule has 0 aliphatic heterocycles. The van der Waals surface area contributed by atoms with E-state index >= 15 is 0 Å². The highest BCUT2D eigenvalue weighted by molar-refractivity contribution is 7.26. The maximum absolute atomic E-state index is 5.46. The lowest BCUT2D eigenvalue weighted by atomic mass is 9.98. The maximum atomic E-state index is 5.46. The van der Waals surface area contributed by atoms with Gasteiger partial charge in [-0.15, -0.1) is 11.3 Å². The Morgan fingerprint density at radius 3 is 1.45 bits per heavy atom. The molecule has 0 fully saturated rings. The zero-order valence-electron chi connectivity index (χ0n) is 34.5. The largest absolute Gasteiger partial charge is 0.277 e. The number of para-hydroxylation sites is 1. The lowest BCUT2D eigenvalue weighted by Crippen LogP contribution is -2.07. The third-order valence-electron chi connectivity index (χ3n) is 12.7. The van der Waals surface area contributed by atoms with Crippen LogP contribution in [0.15, 0.2) is 218 Å². The van der Waals surface area contributed by atoms with Crippen LogP contribution in [0, 0.1) is 0 Å². The van der Waals surface area contributed by atoms with Crippen LogP contribution in [0.4, 0.5) is 0 Å². The highest BCUT2D eigenvalue weighted by Gasteiger charge is 2.24. The molecule has 3 aromatic heterocycles. The number of benzene rings is 10. The second-order valence-electron chi connectivity index (χ2n) is 16.3. The SMILES string of the molecule is c1ccc(-c2ccc(-c3nc(-c4ccc(-c5ccccc5)cc4)nc(-n4c5c(-c6cccc7c6sc6ccc8ccccc8c67)cccc5c5ccc6ccccc6c54)n3)cc2)cc1. The fourth-order valence-corrected chi connectivity index (χ4v) is 10.9. The summed E-state index contributed by atoms with van der Waals surface area (Å²) in [5, 5.41) is 9.68. The van der Waals surface area contributed by atoms with Gasteiger partial charge in [0.05, 0.1) is 11.0 Å². The lowest BCUT2D eigenvalue weighted by molar-refractivity contribution is 0.955. The van der Waals surface area contributed by atoms with E-state index in [1.165, 1.54) is 36.5 Å². The average molecular weight is 833 g/mol. The number of hydrogen-bond acceptors (Lipinski definition) is 4. The summed E-state index contributed by atoms with van der Waals surface area (Å²) in [6.45, 7) is 0. The first-order valence-electron chi connectivity index (χ1n) is 21.6. The van der Waals surface area contributed by atoms with E-state index in [-0.39, 0.29) is 0 Å². The van der Waals surface area contributed by atoms with E-state index in [4.69, 9.17) is 15.0 Å². The Labute approximate surface area is 373 Å². The van der Waals surface area contributed by atoms with Crippen molar-refractivity contribution in [3.8, 4) is 62.1 Å². The minimum absolute atomic E-state index is 0.567. The second-order valence-corrected chi connectivity index (χ2v) is 17.4. The predicted octanol–water partition coefficient (Wildman–Crippen LogP) is 16.0. The summed E-state index contributed by atoms with van der Waals surface area (Å²) in [4.78, 5) is 16.2. The summed E-state index contributed by atoms with van der Waals surface area (Å²) >= 11 is 1.87. The molecule has 298 valence electrons. The molecule has 0 saturated heterocycles. The van der Waals surface area contributed by atoms with Crippen molar-refractivity contribution in [2.45, 2.75) is 0 Å². The number of rotatable bonds is 6. The van der Waals surface area contributed by atoms with Crippen LogP contribution in [0.25, 0.3) is 126 Å². The zero-order valence-corrected chi connectivity index (χ0v) is 35.3. The molecule has 0 aliphatic carbocycles. The quantitative estimate of drug-likeness (QED) is 0.168. The zero-order chi connectivity index (χ0) is 42.1. The van der Waals surface area contributed by atoms with E-state index in [2.05, 4.69) is 211 Å². The molecule has 3 heterocycles. The number of thiophene rings is 1. The molecule has 64 heavy (non-hydrogen) atoms. The number of fused-ring (bicyclic) bond motifs is 10. The third kappa shape index (κ3) is 5.86. The van der Waals surface area contributed by atoms with Gasteiger partial charge in [0.15, 0.2) is 11.6 Å². The fraction of sp³-hybridized carbons (Fsp3) is 0. The van der Waals surface area contributed by atoms with E-state index in [1.807, 2.05) is 23.5 Å². The van der Waals surface area contributed by atoms with Gasteiger partial charge in [-0.05, 0) is 44.5 Å². The molecule has 13 aromatic rings. The van der Waals surface area contributed by atoms with Crippen LogP contribution in [0.1, 0.15) is 0 Å². The van der Waals surface area contributed by atoms with Gasteiger partial charge in [-0.2, -0.15) is 9.97 Å². The maximum Gasteiger partial charge on any atom is 0.238 e. The van der Waals surface area contributed by atoms with E-state index in [9.17, 15) is 0 Å². The normalized spacial score (nSPS) is 11.8. The minimum Gasteiger partial charge on any atom is -0.277 e. The highest BCUT2D eigenvalue weighted by Crippen LogP contribution is 2.46. The molecular formula is C59H36N4S. The Kier molecular flexibility index (Phi) is 8.36. The highest BCUT2D eigenvalue weighted by atomic mass is 32.1. The van der Waals surface area contributed by atoms with E-state index in [1.54, 1.807) is 0 Å². The van der Waals surface area contributed by atoms with Crippen molar-refractivity contribution >= 4 is 74.9 Å². The van der Waals surface area contributed by atoms with Gasteiger partial charge in [0, 0.05) is 58.6 Å².